The van der Waals surface area contributed by atoms with Crippen molar-refractivity contribution in [2.75, 3.05) is 6.61 Å². The Hall–Kier alpha value is -1.26. The van der Waals surface area contributed by atoms with Crippen molar-refractivity contribution in [2.24, 2.45) is 0 Å². The van der Waals surface area contributed by atoms with Gasteiger partial charge in [0.15, 0.2) is 0 Å². The van der Waals surface area contributed by atoms with Gasteiger partial charge in [-0.3, -0.25) is 4.79 Å². The quantitative estimate of drug-likeness (QED) is 0.747. The molecule has 1 amide bonds. The van der Waals surface area contributed by atoms with Gasteiger partial charge < -0.3 is 15.5 Å². The lowest BCUT2D eigenvalue weighted by atomic mass is 10.2. The highest BCUT2D eigenvalue weighted by Crippen LogP contribution is 2.35. The van der Waals surface area contributed by atoms with E-state index in [0.717, 1.165) is 12.8 Å². The second-order valence-electron chi connectivity index (χ2n) is 4.06. The van der Waals surface area contributed by atoms with Gasteiger partial charge in [-0.15, -0.1) is 0 Å². The molecule has 1 aliphatic carbocycles. The molecule has 1 aromatic rings. The van der Waals surface area contributed by atoms with E-state index in [-0.39, 0.29) is 23.3 Å². The van der Waals surface area contributed by atoms with E-state index in [1.54, 1.807) is 0 Å². The van der Waals surface area contributed by atoms with Gasteiger partial charge in [-0.1, -0.05) is 11.6 Å². The molecule has 86 valence electrons. The predicted molar refractivity (Wildman–Crippen MR) is 59.6 cm³/mol. The number of carbonyl (C=O) groups excluding carboxylic acids is 1. The fourth-order valence-electron chi connectivity index (χ4n) is 1.43. The topological polar surface area (TPSA) is 69.6 Å². The van der Waals surface area contributed by atoms with Gasteiger partial charge in [0.1, 0.15) is 5.75 Å². The number of aliphatic hydroxyl groups is 1. The zero-order valence-electron chi connectivity index (χ0n) is 8.53. The number of aromatic hydroxyl groups is 1. The summed E-state index contributed by atoms with van der Waals surface area (Å²) in [6, 6.07) is 4.26. The Kier molecular flexibility index (Phi) is 2.78. The Morgan fingerprint density at radius 2 is 2.19 bits per heavy atom. The minimum absolute atomic E-state index is 0.0510. The number of nitrogens with one attached hydrogen (secondary N) is 1. The summed E-state index contributed by atoms with van der Waals surface area (Å²) in [5.41, 5.74) is -0.0657. The van der Waals surface area contributed by atoms with Crippen LogP contribution in [0.4, 0.5) is 0 Å². The average Bonchev–Trinajstić information content (AvgIpc) is 3.02. The van der Waals surface area contributed by atoms with Crippen molar-refractivity contribution in [3.63, 3.8) is 0 Å². The van der Waals surface area contributed by atoms with Crippen molar-refractivity contribution in [3.05, 3.63) is 28.8 Å². The molecule has 3 N–H and O–H groups in total. The molecule has 4 nitrogen and oxygen atoms in total. The predicted octanol–water partition coefficient (Wildman–Crippen LogP) is 1.30. The second kappa shape index (κ2) is 3.96. The van der Waals surface area contributed by atoms with Crippen molar-refractivity contribution < 1.29 is 15.0 Å². The molecule has 0 saturated heterocycles. The van der Waals surface area contributed by atoms with Gasteiger partial charge in [0.05, 0.1) is 17.2 Å². The molecular weight excluding hydrogens is 230 g/mol. The van der Waals surface area contributed by atoms with Gasteiger partial charge in [0.25, 0.3) is 5.91 Å². The Morgan fingerprint density at radius 3 is 2.69 bits per heavy atom. The van der Waals surface area contributed by atoms with Crippen LogP contribution in [0.5, 0.6) is 5.75 Å². The number of amides is 1. The third-order valence-corrected chi connectivity index (χ3v) is 3.05. The maximum atomic E-state index is 11.8. The molecule has 0 radical (unpaired) electrons. The molecule has 0 spiro atoms. The van der Waals surface area contributed by atoms with E-state index in [1.807, 2.05) is 0 Å². The summed E-state index contributed by atoms with van der Waals surface area (Å²) in [4.78, 5) is 11.8. The maximum Gasteiger partial charge on any atom is 0.251 e. The minimum Gasteiger partial charge on any atom is -0.506 e. The molecule has 2 rings (SSSR count). The van der Waals surface area contributed by atoms with E-state index in [1.165, 1.54) is 18.2 Å². The molecule has 1 aliphatic rings. The third kappa shape index (κ3) is 2.13. The Balaban J connectivity index is 2.12. The van der Waals surface area contributed by atoms with E-state index in [4.69, 9.17) is 16.7 Å². The number of phenols is 1. The average molecular weight is 242 g/mol. The van der Waals surface area contributed by atoms with Crippen LogP contribution in [-0.4, -0.2) is 28.3 Å². The van der Waals surface area contributed by atoms with Crippen molar-refractivity contribution >= 4 is 17.5 Å². The van der Waals surface area contributed by atoms with Gasteiger partial charge in [-0.2, -0.15) is 0 Å². The van der Waals surface area contributed by atoms with E-state index in [0.29, 0.717) is 5.56 Å². The number of rotatable bonds is 3. The summed E-state index contributed by atoms with van der Waals surface area (Å²) >= 11 is 5.70. The number of hydrogen-bond acceptors (Lipinski definition) is 3. The number of phenolic OH excluding ortho intramolecular Hbond substituents is 1. The molecule has 1 aromatic carbocycles. The number of benzene rings is 1. The lowest BCUT2D eigenvalue weighted by Gasteiger charge is -2.14. The molecule has 1 saturated carbocycles. The van der Waals surface area contributed by atoms with Gasteiger partial charge in [-0.05, 0) is 31.0 Å². The number of aliphatic hydroxyl groups excluding tert-OH is 1. The van der Waals surface area contributed by atoms with Crippen LogP contribution in [0.1, 0.15) is 23.2 Å². The first-order valence-electron chi connectivity index (χ1n) is 4.98. The second-order valence-corrected chi connectivity index (χ2v) is 4.47. The summed E-state index contributed by atoms with van der Waals surface area (Å²) < 4.78 is 0. The van der Waals surface area contributed by atoms with Crippen LogP contribution in [-0.2, 0) is 0 Å². The minimum atomic E-state index is -0.443. The van der Waals surface area contributed by atoms with Crippen LogP contribution in [0, 0.1) is 0 Å². The molecule has 0 aliphatic heterocycles. The van der Waals surface area contributed by atoms with Gasteiger partial charge in [-0.25, -0.2) is 0 Å². The number of carbonyl (C=O) groups is 1. The molecule has 0 bridgehead atoms. The molecule has 0 aromatic heterocycles. The van der Waals surface area contributed by atoms with E-state index in [9.17, 15) is 9.90 Å². The normalized spacial score (nSPS) is 16.9. The van der Waals surface area contributed by atoms with Crippen LogP contribution in [0.15, 0.2) is 18.2 Å². The SMILES string of the molecule is O=C(NC1(CO)CC1)c1ccc(O)c(Cl)c1. The van der Waals surface area contributed by atoms with Gasteiger partial charge in [0, 0.05) is 5.56 Å². The summed E-state index contributed by atoms with van der Waals surface area (Å²) in [5, 5.41) is 21.2. The van der Waals surface area contributed by atoms with E-state index >= 15 is 0 Å². The first-order chi connectivity index (χ1) is 7.56. The van der Waals surface area contributed by atoms with Crippen molar-refractivity contribution in [2.45, 2.75) is 18.4 Å². The lowest BCUT2D eigenvalue weighted by molar-refractivity contribution is 0.0907. The molecule has 5 heteroatoms. The fraction of sp³-hybridized carbons (Fsp3) is 0.364. The zero-order valence-corrected chi connectivity index (χ0v) is 9.29. The maximum absolute atomic E-state index is 11.8. The smallest absolute Gasteiger partial charge is 0.251 e. The van der Waals surface area contributed by atoms with Crippen molar-refractivity contribution in [3.8, 4) is 5.75 Å². The highest BCUT2D eigenvalue weighted by Gasteiger charge is 2.43. The van der Waals surface area contributed by atoms with Crippen LogP contribution < -0.4 is 5.32 Å². The first-order valence-corrected chi connectivity index (χ1v) is 5.36. The first kappa shape index (κ1) is 11.2. The molecule has 1 fully saturated rings. The Morgan fingerprint density at radius 1 is 1.50 bits per heavy atom. The summed E-state index contributed by atoms with van der Waals surface area (Å²) in [6.45, 7) is -0.0510. The molecule has 0 unspecified atom stereocenters. The molecule has 0 heterocycles. The van der Waals surface area contributed by atoms with Crippen LogP contribution in [0.3, 0.4) is 0 Å². The fourth-order valence-corrected chi connectivity index (χ4v) is 1.62. The number of hydrogen-bond donors (Lipinski definition) is 3. The third-order valence-electron chi connectivity index (χ3n) is 2.74. The number of halogens is 1. The van der Waals surface area contributed by atoms with E-state index < -0.39 is 5.54 Å². The highest BCUT2D eigenvalue weighted by molar-refractivity contribution is 6.32. The van der Waals surface area contributed by atoms with E-state index in [2.05, 4.69) is 5.32 Å². The largest absolute Gasteiger partial charge is 0.506 e. The standard InChI is InChI=1S/C11H12ClNO3/c12-8-5-7(1-2-9(8)15)10(16)13-11(6-14)3-4-11/h1-2,5,14-15H,3-4,6H2,(H,13,16). The summed E-state index contributed by atoms with van der Waals surface area (Å²) in [7, 11) is 0. The Labute approximate surface area is 97.9 Å². The van der Waals surface area contributed by atoms with Crippen LogP contribution in [0.2, 0.25) is 5.02 Å². The van der Waals surface area contributed by atoms with Crippen LogP contribution >= 0.6 is 11.6 Å². The molecule has 0 atom stereocenters. The highest BCUT2D eigenvalue weighted by atomic mass is 35.5. The monoisotopic (exact) mass is 241 g/mol. The molecule has 16 heavy (non-hydrogen) atoms. The summed E-state index contributed by atoms with van der Waals surface area (Å²) in [6.07, 6.45) is 1.59. The van der Waals surface area contributed by atoms with Crippen molar-refractivity contribution in [1.82, 2.24) is 5.32 Å². The van der Waals surface area contributed by atoms with Crippen molar-refractivity contribution in [1.29, 1.82) is 0 Å². The Bertz CT molecular complexity index is 429. The summed E-state index contributed by atoms with van der Waals surface area (Å²) in [5.74, 6) is -0.338. The van der Waals surface area contributed by atoms with Crippen LogP contribution in [0.25, 0.3) is 0 Å². The molecular formula is C11H12ClNO3. The zero-order chi connectivity index (χ0) is 11.8. The van der Waals surface area contributed by atoms with Gasteiger partial charge in [0.2, 0.25) is 0 Å². The van der Waals surface area contributed by atoms with Gasteiger partial charge >= 0.3 is 0 Å². The lowest BCUT2D eigenvalue weighted by Crippen LogP contribution is -2.39.